The third kappa shape index (κ3) is 7.35. The predicted octanol–water partition coefficient (Wildman–Crippen LogP) is 4.08. The quantitative estimate of drug-likeness (QED) is 0.354. The molecule has 1 atom stereocenters. The van der Waals surface area contributed by atoms with E-state index >= 15 is 0 Å². The Morgan fingerprint density at radius 3 is 1.76 bits per heavy atom. The van der Waals surface area contributed by atoms with Crippen molar-refractivity contribution >= 4 is 25.7 Å². The first kappa shape index (κ1) is 29.0. The van der Waals surface area contributed by atoms with Gasteiger partial charge in [-0.1, -0.05) is 43.9 Å². The molecule has 4 rings (SSSR count). The Bertz CT molecular complexity index is 1230. The second-order valence-corrected chi connectivity index (χ2v) is 14.7. The van der Waals surface area contributed by atoms with Crippen molar-refractivity contribution in [1.29, 1.82) is 0 Å². The molecular formula is C28H41N3O5S2. The Kier molecular flexibility index (Phi) is 9.86. The summed E-state index contributed by atoms with van der Waals surface area (Å²) in [4.78, 5) is 0.382. The number of hydrogen-bond acceptors (Lipinski definition) is 6. The number of nitrogen functional groups attached to an aromatic ring is 1. The lowest BCUT2D eigenvalue weighted by Gasteiger charge is -2.29. The summed E-state index contributed by atoms with van der Waals surface area (Å²) in [6.45, 7) is 0.817. The van der Waals surface area contributed by atoms with E-state index in [2.05, 4.69) is 0 Å². The zero-order chi connectivity index (χ0) is 27.2. The fourth-order valence-electron chi connectivity index (χ4n) is 5.69. The molecule has 2 aromatic rings. The number of sulfonamides is 2. The van der Waals surface area contributed by atoms with Crippen molar-refractivity contribution in [3.63, 3.8) is 0 Å². The average molecular weight is 564 g/mol. The van der Waals surface area contributed by atoms with Crippen LogP contribution in [0.3, 0.4) is 0 Å². The summed E-state index contributed by atoms with van der Waals surface area (Å²) in [5.74, 6) is 0.554. The monoisotopic (exact) mass is 563 g/mol. The van der Waals surface area contributed by atoms with Crippen LogP contribution in [0.2, 0.25) is 0 Å². The van der Waals surface area contributed by atoms with Crippen molar-refractivity contribution in [1.82, 2.24) is 8.61 Å². The summed E-state index contributed by atoms with van der Waals surface area (Å²) in [7, 11) is -7.57. The third-order valence-electron chi connectivity index (χ3n) is 7.90. The van der Waals surface area contributed by atoms with Crippen LogP contribution in [0, 0.1) is 11.8 Å². The standard InChI is InChI=1S/C28H41N3O5S2/c29-25-14-16-28(17-15-25)37(33,34)30(20-23-8-4-5-9-23)19-18-26(32)22-31(21-24-10-6-7-11-24)38(35,36)27-12-2-1-3-13-27/h1-3,12-17,23-24,26,32H,4-11,18-22,29H2. The number of nitrogens with zero attached hydrogens (tertiary/aromatic N) is 2. The second-order valence-electron chi connectivity index (χ2n) is 10.8. The molecule has 2 saturated carbocycles. The van der Waals surface area contributed by atoms with Gasteiger partial charge < -0.3 is 10.8 Å². The lowest BCUT2D eigenvalue weighted by molar-refractivity contribution is 0.124. The highest BCUT2D eigenvalue weighted by atomic mass is 32.2. The molecule has 0 spiro atoms. The van der Waals surface area contributed by atoms with Gasteiger partial charge in [-0.3, -0.25) is 0 Å². The highest BCUT2D eigenvalue weighted by Crippen LogP contribution is 2.30. The normalized spacial score (nSPS) is 18.5. The molecule has 0 heterocycles. The Morgan fingerprint density at radius 2 is 1.21 bits per heavy atom. The minimum Gasteiger partial charge on any atom is -0.399 e. The first-order valence-electron chi connectivity index (χ1n) is 13.7. The van der Waals surface area contributed by atoms with E-state index in [9.17, 15) is 21.9 Å². The molecule has 2 fully saturated rings. The number of rotatable bonds is 13. The maximum absolute atomic E-state index is 13.5. The molecule has 2 aliphatic carbocycles. The molecule has 1 unspecified atom stereocenters. The lowest BCUT2D eigenvalue weighted by Crippen LogP contribution is -2.42. The molecule has 38 heavy (non-hydrogen) atoms. The predicted molar refractivity (Wildman–Crippen MR) is 149 cm³/mol. The Morgan fingerprint density at radius 1 is 0.737 bits per heavy atom. The van der Waals surface area contributed by atoms with Gasteiger partial charge in [0.1, 0.15) is 0 Å². The maximum atomic E-state index is 13.5. The van der Waals surface area contributed by atoms with Crippen LogP contribution in [-0.4, -0.2) is 62.8 Å². The molecule has 2 aromatic carbocycles. The number of nitrogens with two attached hydrogens (primary N) is 1. The largest absolute Gasteiger partial charge is 0.399 e. The van der Waals surface area contributed by atoms with Gasteiger partial charge in [-0.15, -0.1) is 0 Å². The smallest absolute Gasteiger partial charge is 0.243 e. The minimum absolute atomic E-state index is 0.0626. The van der Waals surface area contributed by atoms with E-state index in [1.165, 1.54) is 20.7 Å². The number of aliphatic hydroxyl groups excluding tert-OH is 1. The topological polar surface area (TPSA) is 121 Å². The fourth-order valence-corrected chi connectivity index (χ4v) is 8.80. The SMILES string of the molecule is Nc1ccc(S(=O)(=O)N(CCC(O)CN(CC2CCCC2)S(=O)(=O)c2ccccc2)CC2CCCC2)cc1. The Labute approximate surface area is 227 Å². The molecule has 10 heteroatoms. The molecular weight excluding hydrogens is 522 g/mol. The highest BCUT2D eigenvalue weighted by molar-refractivity contribution is 7.89. The number of anilines is 1. The molecule has 0 radical (unpaired) electrons. The highest BCUT2D eigenvalue weighted by Gasteiger charge is 2.32. The summed E-state index contributed by atoms with van der Waals surface area (Å²) >= 11 is 0. The van der Waals surface area contributed by atoms with Gasteiger partial charge in [0.2, 0.25) is 20.0 Å². The van der Waals surface area contributed by atoms with Crippen molar-refractivity contribution in [2.45, 2.75) is 73.7 Å². The van der Waals surface area contributed by atoms with Crippen molar-refractivity contribution < 1.29 is 21.9 Å². The van der Waals surface area contributed by atoms with Crippen LogP contribution in [0.15, 0.2) is 64.4 Å². The van der Waals surface area contributed by atoms with Gasteiger partial charge in [0.15, 0.2) is 0 Å². The van der Waals surface area contributed by atoms with Crippen molar-refractivity contribution in [2.75, 3.05) is 31.9 Å². The first-order valence-corrected chi connectivity index (χ1v) is 16.6. The molecule has 3 N–H and O–H groups in total. The van der Waals surface area contributed by atoms with E-state index in [1.54, 1.807) is 42.5 Å². The van der Waals surface area contributed by atoms with Crippen LogP contribution < -0.4 is 5.73 Å². The van der Waals surface area contributed by atoms with Crippen LogP contribution >= 0.6 is 0 Å². The zero-order valence-electron chi connectivity index (χ0n) is 22.0. The van der Waals surface area contributed by atoms with Gasteiger partial charge in [0.05, 0.1) is 15.9 Å². The minimum atomic E-state index is -3.79. The summed E-state index contributed by atoms with van der Waals surface area (Å²) in [5, 5.41) is 11.0. The Balaban J connectivity index is 1.48. The van der Waals surface area contributed by atoms with Gasteiger partial charge in [0.25, 0.3) is 0 Å². The molecule has 8 nitrogen and oxygen atoms in total. The van der Waals surface area contributed by atoms with E-state index < -0.39 is 26.2 Å². The first-order chi connectivity index (χ1) is 18.2. The van der Waals surface area contributed by atoms with E-state index in [0.717, 1.165) is 51.4 Å². The third-order valence-corrected chi connectivity index (χ3v) is 11.6. The summed E-state index contributed by atoms with van der Waals surface area (Å²) in [6.07, 6.45) is 7.44. The summed E-state index contributed by atoms with van der Waals surface area (Å²) < 4.78 is 56.9. The summed E-state index contributed by atoms with van der Waals surface area (Å²) in [6, 6.07) is 14.5. The van der Waals surface area contributed by atoms with E-state index in [-0.39, 0.29) is 41.1 Å². The molecule has 0 aliphatic heterocycles. The van der Waals surface area contributed by atoms with E-state index in [0.29, 0.717) is 18.8 Å². The zero-order valence-corrected chi connectivity index (χ0v) is 23.6. The van der Waals surface area contributed by atoms with Gasteiger partial charge in [-0.25, -0.2) is 16.8 Å². The van der Waals surface area contributed by atoms with Crippen LogP contribution in [-0.2, 0) is 20.0 Å². The van der Waals surface area contributed by atoms with Crippen molar-refractivity contribution in [2.24, 2.45) is 11.8 Å². The number of aliphatic hydroxyl groups is 1. The number of benzene rings is 2. The second kappa shape index (κ2) is 12.9. The maximum Gasteiger partial charge on any atom is 0.243 e. The van der Waals surface area contributed by atoms with Gasteiger partial charge in [-0.2, -0.15) is 8.61 Å². The van der Waals surface area contributed by atoms with Crippen LogP contribution in [0.4, 0.5) is 5.69 Å². The number of hydrogen-bond donors (Lipinski definition) is 2. The van der Waals surface area contributed by atoms with Gasteiger partial charge >= 0.3 is 0 Å². The molecule has 0 aromatic heterocycles. The average Bonchev–Trinajstić information content (AvgIpc) is 3.61. The van der Waals surface area contributed by atoms with Crippen LogP contribution in [0.25, 0.3) is 0 Å². The Hall–Kier alpha value is -1.98. The molecule has 0 bridgehead atoms. The summed E-state index contributed by atoms with van der Waals surface area (Å²) in [5.41, 5.74) is 6.25. The van der Waals surface area contributed by atoms with E-state index in [4.69, 9.17) is 5.73 Å². The van der Waals surface area contributed by atoms with Crippen molar-refractivity contribution in [3.05, 3.63) is 54.6 Å². The molecule has 210 valence electrons. The molecule has 0 amide bonds. The van der Waals surface area contributed by atoms with E-state index in [1.807, 2.05) is 0 Å². The van der Waals surface area contributed by atoms with Gasteiger partial charge in [-0.05, 0) is 80.3 Å². The molecule has 0 saturated heterocycles. The lowest BCUT2D eigenvalue weighted by atomic mass is 10.1. The van der Waals surface area contributed by atoms with Crippen LogP contribution in [0.1, 0.15) is 57.8 Å². The molecule has 2 aliphatic rings. The van der Waals surface area contributed by atoms with Crippen LogP contribution in [0.5, 0.6) is 0 Å². The van der Waals surface area contributed by atoms with Gasteiger partial charge in [0, 0.05) is 31.9 Å². The van der Waals surface area contributed by atoms with Crippen molar-refractivity contribution in [3.8, 4) is 0 Å². The fraction of sp³-hybridized carbons (Fsp3) is 0.571.